The molecule has 2 aromatic heterocycles. The van der Waals surface area contributed by atoms with E-state index in [-0.39, 0.29) is 36.0 Å². The highest BCUT2D eigenvalue weighted by Gasteiger charge is 2.32. The van der Waals surface area contributed by atoms with Crippen molar-refractivity contribution in [3.8, 4) is 22.9 Å². The minimum atomic E-state index is -4.44. The lowest BCUT2D eigenvalue weighted by atomic mass is 9.87. The summed E-state index contributed by atoms with van der Waals surface area (Å²) in [5.74, 6) is 0.724. The SMILES string of the molecule is Cc1oc(-c2cccc(C(F)(F)F)c2)nc1CI.Cc1oc(-c2cccc(C(F)(F)F)c2)nc1CO[C@H]1CCC[C@@H](COC(C)C(=O)O)C1. The number of oxazole rings is 2. The molecule has 0 radical (unpaired) electrons. The number of hydrogen-bond donors (Lipinski definition) is 1. The molecule has 0 bridgehead atoms. The molecular formula is C34H35F6IN2O6. The van der Waals surface area contributed by atoms with Crippen LogP contribution in [0.5, 0.6) is 0 Å². The Hall–Kier alpha value is -3.44. The van der Waals surface area contributed by atoms with Gasteiger partial charge in [-0.15, -0.1) is 0 Å². The average molecular weight is 809 g/mol. The molecule has 0 saturated heterocycles. The minimum absolute atomic E-state index is 0.0180. The van der Waals surface area contributed by atoms with Gasteiger partial charge in [-0.3, -0.25) is 0 Å². The standard InChI is InChI=1S/C22H26F3NO5.C12H9F3INO/c1-13-19(26-20(31-13)16-6-4-7-17(10-16)22(23,24)25)12-30-18-8-3-5-15(9-18)11-29-14(2)21(27)28;1-7-10(6-16)17-11(18-7)8-3-2-4-9(5-8)12(13,14)15/h4,6-7,10,14-15,18H,3,5,8-9,11-12H2,1-2H3,(H,27,28);2-5H,6H2,1H3/t14?,15-,18+;/m1./s1. The lowest BCUT2D eigenvalue weighted by Crippen LogP contribution is -2.29. The van der Waals surface area contributed by atoms with Gasteiger partial charge in [0.2, 0.25) is 11.8 Å². The molecule has 2 aromatic carbocycles. The Morgan fingerprint density at radius 3 is 1.94 bits per heavy atom. The normalized spacial score (nSPS) is 17.3. The van der Waals surface area contributed by atoms with Crippen LogP contribution in [0.25, 0.3) is 22.9 Å². The van der Waals surface area contributed by atoms with E-state index in [9.17, 15) is 31.1 Å². The van der Waals surface area contributed by atoms with E-state index in [0.717, 1.165) is 55.6 Å². The second-order valence-corrected chi connectivity index (χ2v) is 12.4. The number of benzene rings is 2. The number of nitrogens with zero attached hydrogens (tertiary/aromatic N) is 2. The van der Waals surface area contributed by atoms with Gasteiger partial charge in [0.05, 0.1) is 36.1 Å². The number of ether oxygens (including phenoxy) is 2. The van der Waals surface area contributed by atoms with Crippen LogP contribution in [0, 0.1) is 19.8 Å². The second kappa shape index (κ2) is 16.5. The quantitative estimate of drug-likeness (QED) is 0.0959. The number of alkyl halides is 7. The Balaban J connectivity index is 0.000000254. The van der Waals surface area contributed by atoms with E-state index >= 15 is 0 Å². The maximum absolute atomic E-state index is 13.0. The Bertz CT molecular complexity index is 1700. The van der Waals surface area contributed by atoms with Gasteiger partial charge in [-0.2, -0.15) is 26.3 Å². The van der Waals surface area contributed by atoms with Crippen LogP contribution in [-0.4, -0.2) is 39.9 Å². The average Bonchev–Trinajstić information content (AvgIpc) is 3.63. The van der Waals surface area contributed by atoms with E-state index in [2.05, 4.69) is 32.6 Å². The van der Waals surface area contributed by atoms with Crippen LogP contribution in [0.3, 0.4) is 0 Å². The van der Waals surface area contributed by atoms with E-state index in [1.54, 1.807) is 19.9 Å². The third-order valence-corrected chi connectivity index (χ3v) is 8.63. The number of aliphatic carboxylic acids is 1. The summed E-state index contributed by atoms with van der Waals surface area (Å²) < 4.78 is 99.6. The van der Waals surface area contributed by atoms with Crippen LogP contribution < -0.4 is 0 Å². The van der Waals surface area contributed by atoms with Gasteiger partial charge in [0.1, 0.15) is 17.2 Å². The molecule has 15 heteroatoms. The van der Waals surface area contributed by atoms with Crippen molar-refractivity contribution >= 4 is 28.6 Å². The molecule has 1 unspecified atom stereocenters. The summed E-state index contributed by atoms with van der Waals surface area (Å²) in [7, 11) is 0. The molecule has 49 heavy (non-hydrogen) atoms. The summed E-state index contributed by atoms with van der Waals surface area (Å²) in [4.78, 5) is 19.4. The van der Waals surface area contributed by atoms with Crippen LogP contribution in [0.15, 0.2) is 57.4 Å². The molecule has 2 heterocycles. The van der Waals surface area contributed by atoms with E-state index in [1.807, 2.05) is 0 Å². The van der Waals surface area contributed by atoms with Crippen molar-refractivity contribution in [2.75, 3.05) is 6.61 Å². The Labute approximate surface area is 292 Å². The number of aromatic nitrogens is 2. The molecule has 3 atom stereocenters. The molecule has 1 N–H and O–H groups in total. The first-order valence-electron chi connectivity index (χ1n) is 15.3. The number of aryl methyl sites for hydroxylation is 2. The summed E-state index contributed by atoms with van der Waals surface area (Å²) in [6, 6.07) is 9.83. The zero-order valence-electron chi connectivity index (χ0n) is 26.8. The first-order chi connectivity index (χ1) is 23.0. The monoisotopic (exact) mass is 808 g/mol. The fraction of sp³-hybridized carbons (Fsp3) is 0.441. The fourth-order valence-electron chi connectivity index (χ4n) is 5.11. The molecule has 0 amide bonds. The lowest BCUT2D eigenvalue weighted by Gasteiger charge is -2.29. The molecular weight excluding hydrogens is 773 g/mol. The molecule has 1 aliphatic rings. The largest absolute Gasteiger partial charge is 0.479 e. The fourth-order valence-corrected chi connectivity index (χ4v) is 5.82. The van der Waals surface area contributed by atoms with Gasteiger partial charge < -0.3 is 23.4 Å². The molecule has 0 aliphatic heterocycles. The van der Waals surface area contributed by atoms with Crippen molar-refractivity contribution in [1.82, 2.24) is 9.97 Å². The van der Waals surface area contributed by atoms with Crippen molar-refractivity contribution in [3.05, 3.63) is 82.6 Å². The predicted molar refractivity (Wildman–Crippen MR) is 175 cm³/mol. The van der Waals surface area contributed by atoms with Crippen LogP contribution in [-0.2, 0) is 37.7 Å². The van der Waals surface area contributed by atoms with Crippen molar-refractivity contribution in [2.24, 2.45) is 5.92 Å². The molecule has 4 aromatic rings. The highest BCUT2D eigenvalue weighted by molar-refractivity contribution is 14.1. The van der Waals surface area contributed by atoms with E-state index < -0.39 is 35.6 Å². The minimum Gasteiger partial charge on any atom is -0.479 e. The van der Waals surface area contributed by atoms with Crippen molar-refractivity contribution in [1.29, 1.82) is 0 Å². The van der Waals surface area contributed by atoms with Gasteiger partial charge in [-0.25, -0.2) is 14.8 Å². The maximum atomic E-state index is 13.0. The second-order valence-electron chi connectivity index (χ2n) is 11.6. The molecule has 1 saturated carbocycles. The third kappa shape index (κ3) is 10.8. The molecule has 1 fully saturated rings. The summed E-state index contributed by atoms with van der Waals surface area (Å²) in [5, 5.41) is 8.92. The van der Waals surface area contributed by atoms with Gasteiger partial charge in [0.15, 0.2) is 6.10 Å². The Morgan fingerprint density at radius 1 is 0.918 bits per heavy atom. The summed E-state index contributed by atoms with van der Waals surface area (Å²) >= 11 is 2.13. The van der Waals surface area contributed by atoms with Gasteiger partial charge in [-0.1, -0.05) is 41.1 Å². The zero-order chi connectivity index (χ0) is 35.9. The van der Waals surface area contributed by atoms with Gasteiger partial charge in [-0.05, 0) is 82.3 Å². The van der Waals surface area contributed by atoms with E-state index in [0.29, 0.717) is 33.8 Å². The predicted octanol–water partition coefficient (Wildman–Crippen LogP) is 9.84. The zero-order valence-corrected chi connectivity index (χ0v) is 29.0. The number of carboxylic acid groups (broad SMARTS) is 1. The number of carbonyl (C=O) groups is 1. The van der Waals surface area contributed by atoms with Gasteiger partial charge in [0.25, 0.3) is 0 Å². The highest BCUT2D eigenvalue weighted by atomic mass is 127. The molecule has 8 nitrogen and oxygen atoms in total. The lowest BCUT2D eigenvalue weighted by molar-refractivity contribution is -0.150. The van der Waals surface area contributed by atoms with Crippen LogP contribution >= 0.6 is 22.6 Å². The number of carboxylic acids is 1. The Kier molecular flexibility index (Phi) is 12.9. The van der Waals surface area contributed by atoms with Crippen molar-refractivity contribution in [2.45, 2.75) is 82.0 Å². The van der Waals surface area contributed by atoms with Crippen LogP contribution in [0.2, 0.25) is 0 Å². The number of halogens is 7. The van der Waals surface area contributed by atoms with E-state index in [1.165, 1.54) is 25.1 Å². The van der Waals surface area contributed by atoms with Gasteiger partial charge in [0, 0.05) is 15.6 Å². The third-order valence-electron chi connectivity index (χ3n) is 7.91. The molecule has 1 aliphatic carbocycles. The summed E-state index contributed by atoms with van der Waals surface area (Å²) in [6.07, 6.45) is -6.12. The molecule has 5 rings (SSSR count). The Morgan fingerprint density at radius 2 is 1.45 bits per heavy atom. The maximum Gasteiger partial charge on any atom is 0.416 e. The highest BCUT2D eigenvalue weighted by Crippen LogP contribution is 2.34. The van der Waals surface area contributed by atoms with Crippen LogP contribution in [0.4, 0.5) is 26.3 Å². The topological polar surface area (TPSA) is 108 Å². The molecule has 266 valence electrons. The molecule has 0 spiro atoms. The summed E-state index contributed by atoms with van der Waals surface area (Å²) in [6.45, 7) is 5.52. The number of hydrogen-bond acceptors (Lipinski definition) is 7. The first-order valence-corrected chi connectivity index (χ1v) is 16.9. The van der Waals surface area contributed by atoms with E-state index in [4.69, 9.17) is 23.4 Å². The van der Waals surface area contributed by atoms with Gasteiger partial charge >= 0.3 is 18.3 Å². The van der Waals surface area contributed by atoms with Crippen LogP contribution in [0.1, 0.15) is 66.6 Å². The summed E-state index contributed by atoms with van der Waals surface area (Å²) in [5.41, 5.74) is 0.433. The van der Waals surface area contributed by atoms with Crippen molar-refractivity contribution in [3.63, 3.8) is 0 Å². The van der Waals surface area contributed by atoms with Crippen molar-refractivity contribution < 1.29 is 54.6 Å². The number of rotatable bonds is 10. The smallest absolute Gasteiger partial charge is 0.416 e. The first kappa shape index (κ1) is 38.4.